The Labute approximate surface area is 74.6 Å². The molecule has 0 aromatic carbocycles. The first-order chi connectivity index (χ1) is 5.87. The summed E-state index contributed by atoms with van der Waals surface area (Å²) in [7, 11) is 0. The number of aliphatic carboxylic acids is 1. The first-order valence-corrected chi connectivity index (χ1v) is 3.67. The van der Waals surface area contributed by atoms with Crippen molar-refractivity contribution in [2.24, 2.45) is 0 Å². The number of amides is 2. The molecule has 2 amide bonds. The Balaban J connectivity index is 3.02. The van der Waals surface area contributed by atoms with Gasteiger partial charge in [0, 0.05) is 12.2 Å². The Morgan fingerprint density at radius 1 is 1.31 bits per heavy atom. The van der Waals surface area contributed by atoms with Crippen molar-refractivity contribution in [1.82, 2.24) is 4.90 Å². The van der Waals surface area contributed by atoms with Crippen molar-refractivity contribution in [2.45, 2.75) is 19.4 Å². The third-order valence-corrected chi connectivity index (χ3v) is 1.89. The molecule has 0 bridgehead atoms. The third kappa shape index (κ3) is 1.32. The third-order valence-electron chi connectivity index (χ3n) is 1.89. The molecule has 0 atom stereocenters. The summed E-state index contributed by atoms with van der Waals surface area (Å²) < 4.78 is 0. The molecule has 0 radical (unpaired) electrons. The highest BCUT2D eigenvalue weighted by Gasteiger charge is 2.42. The van der Waals surface area contributed by atoms with E-state index in [2.05, 4.69) is 0 Å². The fourth-order valence-electron chi connectivity index (χ4n) is 1.05. The van der Waals surface area contributed by atoms with Gasteiger partial charge in [0.2, 0.25) is 0 Å². The molecule has 5 heteroatoms. The monoisotopic (exact) mass is 183 g/mol. The van der Waals surface area contributed by atoms with E-state index in [4.69, 9.17) is 5.11 Å². The van der Waals surface area contributed by atoms with Gasteiger partial charge in [-0.1, -0.05) is 0 Å². The Hall–Kier alpha value is -1.65. The van der Waals surface area contributed by atoms with Gasteiger partial charge >= 0.3 is 5.97 Å². The number of imide groups is 1. The maximum Gasteiger partial charge on any atom is 0.329 e. The highest BCUT2D eigenvalue weighted by Crippen LogP contribution is 2.19. The zero-order chi connectivity index (χ0) is 10.2. The molecule has 1 N–H and O–H groups in total. The van der Waals surface area contributed by atoms with Gasteiger partial charge in [0.25, 0.3) is 11.8 Å². The molecule has 0 fully saturated rings. The number of nitrogens with zero attached hydrogens (tertiary/aromatic N) is 1. The minimum Gasteiger partial charge on any atom is -0.480 e. The lowest BCUT2D eigenvalue weighted by molar-refractivity contribution is -0.159. The van der Waals surface area contributed by atoms with Gasteiger partial charge in [-0.3, -0.25) is 14.5 Å². The van der Waals surface area contributed by atoms with Crippen LogP contribution in [-0.2, 0) is 14.4 Å². The number of carboxylic acid groups (broad SMARTS) is 1. The standard InChI is InChI=1S/C8H9NO4/c1-8(2,7(12)13)9-5(10)3-4-6(9)11/h3-4H,1-2H3,(H,12,13). The van der Waals surface area contributed by atoms with Crippen molar-refractivity contribution in [3.8, 4) is 0 Å². The van der Waals surface area contributed by atoms with Crippen LogP contribution in [-0.4, -0.2) is 33.3 Å². The van der Waals surface area contributed by atoms with Gasteiger partial charge in [-0.05, 0) is 13.8 Å². The molecular weight excluding hydrogens is 174 g/mol. The van der Waals surface area contributed by atoms with E-state index in [0.717, 1.165) is 17.1 Å². The summed E-state index contributed by atoms with van der Waals surface area (Å²) in [5.74, 6) is -2.38. The minimum atomic E-state index is -1.49. The van der Waals surface area contributed by atoms with E-state index in [0.29, 0.717) is 0 Å². The van der Waals surface area contributed by atoms with Crippen molar-refractivity contribution in [3.63, 3.8) is 0 Å². The average molecular weight is 183 g/mol. The number of hydrogen-bond donors (Lipinski definition) is 1. The summed E-state index contributed by atoms with van der Waals surface area (Å²) in [6.45, 7) is 2.61. The lowest BCUT2D eigenvalue weighted by Crippen LogP contribution is -2.52. The topological polar surface area (TPSA) is 74.7 Å². The summed E-state index contributed by atoms with van der Waals surface area (Å²) in [5.41, 5.74) is -1.49. The molecule has 0 aliphatic carbocycles. The Morgan fingerprint density at radius 3 is 2.00 bits per heavy atom. The summed E-state index contributed by atoms with van der Waals surface area (Å²) >= 11 is 0. The highest BCUT2D eigenvalue weighted by molar-refractivity contribution is 6.15. The Morgan fingerprint density at radius 2 is 1.69 bits per heavy atom. The van der Waals surface area contributed by atoms with Crippen LogP contribution in [0.25, 0.3) is 0 Å². The lowest BCUT2D eigenvalue weighted by atomic mass is 10.0. The molecule has 1 aliphatic heterocycles. The van der Waals surface area contributed by atoms with Gasteiger partial charge in [0.05, 0.1) is 0 Å². The predicted octanol–water partition coefficient (Wildman–Crippen LogP) is -0.225. The molecule has 70 valence electrons. The molecule has 0 saturated heterocycles. The van der Waals surface area contributed by atoms with Crippen LogP contribution < -0.4 is 0 Å². The number of carbonyl (C=O) groups excluding carboxylic acids is 2. The van der Waals surface area contributed by atoms with Crippen LogP contribution in [0.3, 0.4) is 0 Å². The van der Waals surface area contributed by atoms with E-state index in [1.54, 1.807) is 0 Å². The van der Waals surface area contributed by atoms with Crippen molar-refractivity contribution >= 4 is 17.8 Å². The molecule has 0 aromatic heterocycles. The molecular formula is C8H9NO4. The van der Waals surface area contributed by atoms with Crippen molar-refractivity contribution < 1.29 is 19.5 Å². The average Bonchev–Trinajstić information content (AvgIpc) is 2.30. The molecule has 0 spiro atoms. The minimum absolute atomic E-state index is 0.586. The first-order valence-electron chi connectivity index (χ1n) is 3.67. The number of carbonyl (C=O) groups is 3. The molecule has 1 heterocycles. The maximum absolute atomic E-state index is 11.1. The SMILES string of the molecule is CC(C)(C(=O)O)N1C(=O)C=CC1=O. The quantitative estimate of drug-likeness (QED) is 0.600. The summed E-state index contributed by atoms with van der Waals surface area (Å²) in [6, 6.07) is 0. The smallest absolute Gasteiger partial charge is 0.329 e. The van der Waals surface area contributed by atoms with Gasteiger partial charge < -0.3 is 5.11 Å². The van der Waals surface area contributed by atoms with E-state index >= 15 is 0 Å². The number of carboxylic acids is 1. The normalized spacial score (nSPS) is 16.9. The van der Waals surface area contributed by atoms with Crippen LogP contribution in [0, 0.1) is 0 Å². The van der Waals surface area contributed by atoms with Gasteiger partial charge in [-0.25, -0.2) is 4.79 Å². The van der Waals surface area contributed by atoms with E-state index in [9.17, 15) is 14.4 Å². The van der Waals surface area contributed by atoms with Crippen molar-refractivity contribution in [2.75, 3.05) is 0 Å². The van der Waals surface area contributed by atoms with Crippen molar-refractivity contribution in [1.29, 1.82) is 0 Å². The fourth-order valence-corrected chi connectivity index (χ4v) is 1.05. The van der Waals surface area contributed by atoms with E-state index in [1.165, 1.54) is 13.8 Å². The number of hydrogen-bond acceptors (Lipinski definition) is 3. The summed E-state index contributed by atoms with van der Waals surface area (Å²) in [5, 5.41) is 8.76. The molecule has 13 heavy (non-hydrogen) atoms. The lowest BCUT2D eigenvalue weighted by Gasteiger charge is -2.29. The van der Waals surface area contributed by atoms with Crippen molar-refractivity contribution in [3.05, 3.63) is 12.2 Å². The summed E-state index contributed by atoms with van der Waals surface area (Å²) in [4.78, 5) is 33.6. The molecule has 5 nitrogen and oxygen atoms in total. The van der Waals surface area contributed by atoms with Crippen LogP contribution in [0.5, 0.6) is 0 Å². The van der Waals surface area contributed by atoms with E-state index < -0.39 is 23.3 Å². The zero-order valence-electron chi connectivity index (χ0n) is 7.27. The van der Waals surface area contributed by atoms with E-state index in [1.807, 2.05) is 0 Å². The Bertz CT molecular complexity index is 298. The van der Waals surface area contributed by atoms with Gasteiger partial charge in [-0.15, -0.1) is 0 Å². The van der Waals surface area contributed by atoms with Gasteiger partial charge in [0.1, 0.15) is 5.54 Å². The predicted molar refractivity (Wildman–Crippen MR) is 42.7 cm³/mol. The second kappa shape index (κ2) is 2.69. The first kappa shape index (κ1) is 9.44. The summed E-state index contributed by atoms with van der Waals surface area (Å²) in [6.07, 6.45) is 2.13. The van der Waals surface area contributed by atoms with Crippen LogP contribution >= 0.6 is 0 Å². The number of rotatable bonds is 2. The molecule has 0 unspecified atom stereocenters. The van der Waals surface area contributed by atoms with Gasteiger partial charge in [-0.2, -0.15) is 0 Å². The van der Waals surface area contributed by atoms with Gasteiger partial charge in [0.15, 0.2) is 0 Å². The zero-order valence-corrected chi connectivity index (χ0v) is 7.27. The fraction of sp³-hybridized carbons (Fsp3) is 0.375. The maximum atomic E-state index is 11.1. The molecule has 1 rings (SSSR count). The Kier molecular flexibility index (Phi) is 1.95. The molecule has 1 aliphatic rings. The van der Waals surface area contributed by atoms with Crippen LogP contribution in [0.2, 0.25) is 0 Å². The second-order valence-electron chi connectivity index (χ2n) is 3.21. The highest BCUT2D eigenvalue weighted by atomic mass is 16.4. The van der Waals surface area contributed by atoms with Crippen LogP contribution in [0.1, 0.15) is 13.8 Å². The van der Waals surface area contributed by atoms with Crippen LogP contribution in [0.4, 0.5) is 0 Å². The van der Waals surface area contributed by atoms with E-state index in [-0.39, 0.29) is 0 Å². The van der Waals surface area contributed by atoms with Crippen LogP contribution in [0.15, 0.2) is 12.2 Å². The molecule has 0 saturated carbocycles. The second-order valence-corrected chi connectivity index (χ2v) is 3.21. The largest absolute Gasteiger partial charge is 0.480 e. The molecule has 0 aromatic rings.